The first-order valence-corrected chi connectivity index (χ1v) is 8.46. The standard InChI is InChI=1S/C20H23NO3.ClH/c22-20(23)18-9-5-11-21(15-18)12-13-24-19-10-4-8-17(14-19)16-6-2-1-3-7-16;/h1-4,6-8,10,14,18H,5,9,11-13,15H2,(H,22,23);1H. The quantitative estimate of drug-likeness (QED) is 0.846. The molecule has 0 amide bonds. The largest absolute Gasteiger partial charge is 0.492 e. The van der Waals surface area contributed by atoms with E-state index in [4.69, 9.17) is 9.84 Å². The molecule has 0 spiro atoms. The van der Waals surface area contributed by atoms with Gasteiger partial charge in [-0.2, -0.15) is 0 Å². The summed E-state index contributed by atoms with van der Waals surface area (Å²) < 4.78 is 5.88. The lowest BCUT2D eigenvalue weighted by Gasteiger charge is -2.30. The molecule has 1 aliphatic rings. The maximum absolute atomic E-state index is 11.1. The van der Waals surface area contributed by atoms with Crippen molar-refractivity contribution in [2.75, 3.05) is 26.2 Å². The summed E-state index contributed by atoms with van der Waals surface area (Å²) in [6, 6.07) is 18.3. The molecule has 0 saturated carbocycles. The van der Waals surface area contributed by atoms with Crippen LogP contribution >= 0.6 is 12.4 Å². The van der Waals surface area contributed by atoms with Gasteiger partial charge in [0.15, 0.2) is 0 Å². The smallest absolute Gasteiger partial charge is 0.307 e. The third-order valence-corrected chi connectivity index (χ3v) is 4.47. The van der Waals surface area contributed by atoms with Crippen LogP contribution in [0.5, 0.6) is 5.75 Å². The molecule has 2 aromatic rings. The van der Waals surface area contributed by atoms with E-state index < -0.39 is 5.97 Å². The summed E-state index contributed by atoms with van der Waals surface area (Å²) >= 11 is 0. The predicted octanol–water partition coefficient (Wildman–Crippen LogP) is 3.95. The zero-order valence-corrected chi connectivity index (χ0v) is 15.0. The van der Waals surface area contributed by atoms with Gasteiger partial charge in [-0.05, 0) is 42.6 Å². The summed E-state index contributed by atoms with van der Waals surface area (Å²) in [5.41, 5.74) is 2.31. The molecule has 1 fully saturated rings. The van der Waals surface area contributed by atoms with Gasteiger partial charge in [-0.25, -0.2) is 0 Å². The molecule has 1 atom stereocenters. The van der Waals surface area contributed by atoms with Crippen molar-refractivity contribution < 1.29 is 14.6 Å². The van der Waals surface area contributed by atoms with Crippen LogP contribution in [0.4, 0.5) is 0 Å². The minimum absolute atomic E-state index is 0. The molecule has 3 rings (SSSR count). The third kappa shape index (κ3) is 5.48. The minimum atomic E-state index is -0.684. The van der Waals surface area contributed by atoms with Crippen molar-refractivity contribution >= 4 is 18.4 Å². The number of hydrogen-bond acceptors (Lipinski definition) is 3. The van der Waals surface area contributed by atoms with Gasteiger partial charge in [0.05, 0.1) is 5.92 Å². The van der Waals surface area contributed by atoms with Crippen molar-refractivity contribution in [3.8, 4) is 16.9 Å². The molecule has 5 heteroatoms. The fraction of sp³-hybridized carbons (Fsp3) is 0.350. The van der Waals surface area contributed by atoms with Crippen LogP contribution in [0.3, 0.4) is 0 Å². The molecule has 25 heavy (non-hydrogen) atoms. The first-order chi connectivity index (χ1) is 11.7. The molecular weight excluding hydrogens is 338 g/mol. The lowest BCUT2D eigenvalue weighted by atomic mass is 9.98. The van der Waals surface area contributed by atoms with E-state index in [1.807, 2.05) is 36.4 Å². The average molecular weight is 362 g/mol. The Hall–Kier alpha value is -2.04. The predicted molar refractivity (Wildman–Crippen MR) is 101 cm³/mol. The van der Waals surface area contributed by atoms with Crippen molar-refractivity contribution in [1.82, 2.24) is 4.90 Å². The maximum Gasteiger partial charge on any atom is 0.307 e. The van der Waals surface area contributed by atoms with Gasteiger partial charge in [0.1, 0.15) is 12.4 Å². The van der Waals surface area contributed by atoms with Crippen LogP contribution in [-0.2, 0) is 4.79 Å². The zero-order valence-electron chi connectivity index (χ0n) is 14.1. The molecule has 134 valence electrons. The zero-order chi connectivity index (χ0) is 16.8. The molecule has 1 N–H and O–H groups in total. The second-order valence-electron chi connectivity index (χ2n) is 6.22. The maximum atomic E-state index is 11.1. The number of nitrogens with zero attached hydrogens (tertiary/aromatic N) is 1. The van der Waals surface area contributed by atoms with Crippen LogP contribution in [0.15, 0.2) is 54.6 Å². The number of carbonyl (C=O) groups is 1. The van der Waals surface area contributed by atoms with Crippen molar-refractivity contribution in [2.24, 2.45) is 5.92 Å². The number of piperidine rings is 1. The van der Waals surface area contributed by atoms with Crippen LogP contribution in [0.1, 0.15) is 12.8 Å². The summed E-state index contributed by atoms with van der Waals surface area (Å²) in [5, 5.41) is 9.14. The molecule has 2 aromatic carbocycles. The highest BCUT2D eigenvalue weighted by atomic mass is 35.5. The van der Waals surface area contributed by atoms with Gasteiger partial charge in [-0.15, -0.1) is 12.4 Å². The fourth-order valence-electron chi connectivity index (χ4n) is 3.15. The van der Waals surface area contributed by atoms with Crippen molar-refractivity contribution in [1.29, 1.82) is 0 Å². The highest BCUT2D eigenvalue weighted by Crippen LogP contribution is 2.23. The molecule has 0 aliphatic carbocycles. The third-order valence-electron chi connectivity index (χ3n) is 4.47. The average Bonchev–Trinajstić information content (AvgIpc) is 2.63. The van der Waals surface area contributed by atoms with Crippen LogP contribution < -0.4 is 4.74 Å². The molecule has 1 unspecified atom stereocenters. The van der Waals surface area contributed by atoms with Crippen molar-refractivity contribution in [3.63, 3.8) is 0 Å². The Morgan fingerprint density at radius 3 is 2.64 bits per heavy atom. The van der Waals surface area contributed by atoms with Gasteiger partial charge in [0.2, 0.25) is 0 Å². The van der Waals surface area contributed by atoms with Crippen LogP contribution in [0.25, 0.3) is 11.1 Å². The summed E-state index contributed by atoms with van der Waals surface area (Å²) in [4.78, 5) is 13.3. The second-order valence-corrected chi connectivity index (χ2v) is 6.22. The number of carboxylic acid groups (broad SMARTS) is 1. The Balaban J connectivity index is 0.00000225. The highest BCUT2D eigenvalue weighted by Gasteiger charge is 2.24. The van der Waals surface area contributed by atoms with Crippen LogP contribution in [-0.4, -0.2) is 42.2 Å². The van der Waals surface area contributed by atoms with Gasteiger partial charge in [-0.1, -0.05) is 42.5 Å². The van der Waals surface area contributed by atoms with Crippen LogP contribution in [0.2, 0.25) is 0 Å². The van der Waals surface area contributed by atoms with Gasteiger partial charge in [0.25, 0.3) is 0 Å². The normalized spacial score (nSPS) is 17.5. The second kappa shape index (κ2) is 9.44. The van der Waals surface area contributed by atoms with Crippen molar-refractivity contribution in [3.05, 3.63) is 54.6 Å². The molecule has 0 bridgehead atoms. The van der Waals surface area contributed by atoms with E-state index in [-0.39, 0.29) is 18.3 Å². The summed E-state index contributed by atoms with van der Waals surface area (Å²) in [6.07, 6.45) is 1.73. The van der Waals surface area contributed by atoms with Gasteiger partial charge in [0, 0.05) is 13.1 Å². The Morgan fingerprint density at radius 2 is 1.88 bits per heavy atom. The Bertz CT molecular complexity index is 678. The SMILES string of the molecule is Cl.O=C(O)C1CCCN(CCOc2cccc(-c3ccccc3)c2)C1. The first kappa shape index (κ1) is 19.3. The molecule has 1 aliphatic heterocycles. The fourth-order valence-corrected chi connectivity index (χ4v) is 3.15. The Morgan fingerprint density at radius 1 is 1.12 bits per heavy atom. The number of carboxylic acids is 1. The monoisotopic (exact) mass is 361 g/mol. The number of rotatable bonds is 6. The minimum Gasteiger partial charge on any atom is -0.492 e. The Kier molecular flexibility index (Phi) is 7.29. The molecule has 1 heterocycles. The van der Waals surface area contributed by atoms with Gasteiger partial charge < -0.3 is 9.84 Å². The number of halogens is 1. The molecule has 0 radical (unpaired) electrons. The Labute approximate surface area is 154 Å². The molecular formula is C20H24ClNO3. The van der Waals surface area contributed by atoms with E-state index in [0.29, 0.717) is 13.2 Å². The van der Waals surface area contributed by atoms with E-state index in [2.05, 4.69) is 23.1 Å². The summed E-state index contributed by atoms with van der Waals surface area (Å²) in [5.74, 6) is -0.0699. The number of ether oxygens (including phenoxy) is 1. The van der Waals surface area contributed by atoms with Gasteiger partial charge in [-0.3, -0.25) is 9.69 Å². The first-order valence-electron chi connectivity index (χ1n) is 8.46. The van der Waals surface area contributed by atoms with E-state index in [0.717, 1.165) is 37.2 Å². The van der Waals surface area contributed by atoms with E-state index in [1.54, 1.807) is 0 Å². The highest BCUT2D eigenvalue weighted by molar-refractivity contribution is 5.85. The molecule has 1 saturated heterocycles. The van der Waals surface area contributed by atoms with Gasteiger partial charge >= 0.3 is 5.97 Å². The van der Waals surface area contributed by atoms with E-state index in [9.17, 15) is 4.79 Å². The number of benzene rings is 2. The lowest BCUT2D eigenvalue weighted by molar-refractivity contribution is -0.143. The van der Waals surface area contributed by atoms with E-state index in [1.165, 1.54) is 5.56 Å². The number of hydrogen-bond donors (Lipinski definition) is 1. The summed E-state index contributed by atoms with van der Waals surface area (Å²) in [6.45, 7) is 2.92. The molecule has 4 nitrogen and oxygen atoms in total. The molecule has 0 aromatic heterocycles. The number of likely N-dealkylation sites (tertiary alicyclic amines) is 1. The lowest BCUT2D eigenvalue weighted by Crippen LogP contribution is -2.40. The van der Waals surface area contributed by atoms with Crippen LogP contribution in [0, 0.1) is 5.92 Å². The summed E-state index contributed by atoms with van der Waals surface area (Å²) in [7, 11) is 0. The topological polar surface area (TPSA) is 49.8 Å². The number of aliphatic carboxylic acids is 1. The van der Waals surface area contributed by atoms with Crippen molar-refractivity contribution in [2.45, 2.75) is 12.8 Å². The van der Waals surface area contributed by atoms with E-state index >= 15 is 0 Å².